The minimum Gasteiger partial charge on any atom is -0.345 e. The summed E-state index contributed by atoms with van der Waals surface area (Å²) in [6.45, 7) is 1.84. The van der Waals surface area contributed by atoms with Crippen LogP contribution in [0.25, 0.3) is 0 Å². The van der Waals surface area contributed by atoms with Crippen molar-refractivity contribution >= 4 is 44.8 Å². The molecule has 2 rings (SSSR count). The van der Waals surface area contributed by atoms with Gasteiger partial charge < -0.3 is 5.32 Å². The molecule has 0 saturated heterocycles. The molecule has 0 fully saturated rings. The van der Waals surface area contributed by atoms with Crippen molar-refractivity contribution in [3.05, 3.63) is 39.1 Å². The molecule has 1 aromatic heterocycles. The van der Waals surface area contributed by atoms with E-state index in [0.717, 1.165) is 20.0 Å². The summed E-state index contributed by atoms with van der Waals surface area (Å²) in [5.74, 6) is 0. The van der Waals surface area contributed by atoms with E-state index in [9.17, 15) is 0 Å². The highest BCUT2D eigenvalue weighted by Gasteiger charge is 2.09. The Balaban J connectivity index is 2.31. The minimum atomic E-state index is 0.629. The van der Waals surface area contributed by atoms with Crippen LogP contribution in [-0.4, -0.2) is 4.37 Å². The van der Waals surface area contributed by atoms with Crippen molar-refractivity contribution in [1.29, 1.82) is 5.26 Å². The van der Waals surface area contributed by atoms with Gasteiger partial charge in [-0.25, -0.2) is 0 Å². The fourth-order valence-corrected chi connectivity index (χ4v) is 2.59. The molecule has 16 heavy (non-hydrogen) atoms. The third-order valence-electron chi connectivity index (χ3n) is 2.06. The molecule has 3 nitrogen and oxygen atoms in total. The fourth-order valence-electron chi connectivity index (χ4n) is 1.28. The van der Waals surface area contributed by atoms with E-state index >= 15 is 0 Å². The summed E-state index contributed by atoms with van der Waals surface area (Å²) in [7, 11) is 0. The molecule has 1 aromatic carbocycles. The molecule has 0 radical (unpaired) electrons. The van der Waals surface area contributed by atoms with Crippen molar-refractivity contribution in [2.75, 3.05) is 5.32 Å². The molecule has 5 heteroatoms. The summed E-state index contributed by atoms with van der Waals surface area (Å²) in [6, 6.07) is 10.2. The monoisotopic (exact) mass is 341 g/mol. The molecule has 0 bridgehead atoms. The van der Waals surface area contributed by atoms with Gasteiger partial charge in [0, 0.05) is 9.26 Å². The van der Waals surface area contributed by atoms with E-state index in [-0.39, 0.29) is 0 Å². The van der Waals surface area contributed by atoms with Gasteiger partial charge in [-0.2, -0.15) is 9.64 Å². The number of benzene rings is 1. The SMILES string of the molecule is Cc1nsc(Nc2cccc(I)c2)c1C#N. The molecule has 0 amide bonds. The first kappa shape index (κ1) is 11.4. The normalized spacial score (nSPS) is 9.81. The van der Waals surface area contributed by atoms with Gasteiger partial charge in [-0.05, 0) is 59.2 Å². The van der Waals surface area contributed by atoms with Gasteiger partial charge in [0.2, 0.25) is 0 Å². The number of aryl methyl sites for hydroxylation is 1. The average Bonchev–Trinajstić information content (AvgIpc) is 2.59. The highest BCUT2D eigenvalue weighted by Crippen LogP contribution is 2.27. The number of nitriles is 1. The molecule has 0 spiro atoms. The van der Waals surface area contributed by atoms with E-state index in [1.54, 1.807) is 0 Å². The number of aromatic nitrogens is 1. The zero-order chi connectivity index (χ0) is 11.5. The maximum atomic E-state index is 9.00. The molecule has 0 aliphatic heterocycles. The molecule has 0 aliphatic rings. The first-order chi connectivity index (χ1) is 7.70. The van der Waals surface area contributed by atoms with Crippen LogP contribution in [0.2, 0.25) is 0 Å². The predicted molar refractivity (Wildman–Crippen MR) is 74.0 cm³/mol. The number of hydrogen-bond acceptors (Lipinski definition) is 4. The summed E-state index contributed by atoms with van der Waals surface area (Å²) in [4.78, 5) is 0. The van der Waals surface area contributed by atoms with Gasteiger partial charge in [0.1, 0.15) is 16.6 Å². The van der Waals surface area contributed by atoms with Crippen molar-refractivity contribution in [2.45, 2.75) is 6.92 Å². The third-order valence-corrected chi connectivity index (χ3v) is 3.58. The van der Waals surface area contributed by atoms with E-state index in [1.807, 2.05) is 31.2 Å². The Kier molecular flexibility index (Phi) is 3.41. The number of anilines is 2. The van der Waals surface area contributed by atoms with Crippen LogP contribution >= 0.6 is 34.1 Å². The smallest absolute Gasteiger partial charge is 0.132 e. The molecule has 1 heterocycles. The Hall–Kier alpha value is -1.13. The van der Waals surface area contributed by atoms with Crippen molar-refractivity contribution in [2.24, 2.45) is 0 Å². The highest BCUT2D eigenvalue weighted by atomic mass is 127. The summed E-state index contributed by atoms with van der Waals surface area (Å²) in [6.07, 6.45) is 0. The maximum absolute atomic E-state index is 9.00. The Morgan fingerprint density at radius 2 is 2.31 bits per heavy atom. The van der Waals surface area contributed by atoms with E-state index in [1.165, 1.54) is 11.5 Å². The van der Waals surface area contributed by atoms with E-state index in [0.29, 0.717) is 5.56 Å². The molecule has 0 saturated carbocycles. The number of nitrogens with zero attached hydrogens (tertiary/aromatic N) is 2. The number of hydrogen-bond donors (Lipinski definition) is 1. The number of rotatable bonds is 2. The van der Waals surface area contributed by atoms with Crippen molar-refractivity contribution in [1.82, 2.24) is 4.37 Å². The average molecular weight is 341 g/mol. The van der Waals surface area contributed by atoms with Crippen LogP contribution in [0.5, 0.6) is 0 Å². The second-order valence-electron chi connectivity index (χ2n) is 3.22. The predicted octanol–water partition coefficient (Wildman–Crippen LogP) is 3.67. The molecule has 1 N–H and O–H groups in total. The molecule has 0 unspecified atom stereocenters. The van der Waals surface area contributed by atoms with E-state index in [2.05, 4.69) is 38.4 Å². The Bertz CT molecular complexity index is 557. The van der Waals surface area contributed by atoms with Gasteiger partial charge >= 0.3 is 0 Å². The standard InChI is InChI=1S/C11H8IN3S/c1-7-10(6-13)11(16-15-7)14-9-4-2-3-8(12)5-9/h2-5,14H,1H3. The molecular formula is C11H8IN3S. The first-order valence-electron chi connectivity index (χ1n) is 4.59. The van der Waals surface area contributed by atoms with Crippen LogP contribution in [0.15, 0.2) is 24.3 Å². The zero-order valence-corrected chi connectivity index (χ0v) is 11.5. The lowest BCUT2D eigenvalue weighted by Crippen LogP contribution is -1.90. The van der Waals surface area contributed by atoms with Gasteiger partial charge in [0.15, 0.2) is 0 Å². The van der Waals surface area contributed by atoms with Gasteiger partial charge in [-0.1, -0.05) is 6.07 Å². The van der Waals surface area contributed by atoms with Crippen LogP contribution in [0.4, 0.5) is 10.7 Å². The number of nitrogens with one attached hydrogen (secondary N) is 1. The largest absolute Gasteiger partial charge is 0.345 e. The van der Waals surface area contributed by atoms with Crippen LogP contribution in [0, 0.1) is 21.8 Å². The van der Waals surface area contributed by atoms with Crippen LogP contribution < -0.4 is 5.32 Å². The second kappa shape index (κ2) is 4.80. The Morgan fingerprint density at radius 3 is 3.00 bits per heavy atom. The lowest BCUT2D eigenvalue weighted by molar-refractivity contribution is 1.31. The van der Waals surface area contributed by atoms with E-state index < -0.39 is 0 Å². The van der Waals surface area contributed by atoms with Gasteiger partial charge in [0.25, 0.3) is 0 Å². The van der Waals surface area contributed by atoms with Gasteiger partial charge in [-0.15, -0.1) is 0 Å². The Morgan fingerprint density at radius 1 is 1.50 bits per heavy atom. The highest BCUT2D eigenvalue weighted by molar-refractivity contribution is 14.1. The van der Waals surface area contributed by atoms with Crippen LogP contribution in [0.3, 0.4) is 0 Å². The Labute approximate surface area is 111 Å². The third kappa shape index (κ3) is 2.33. The summed E-state index contributed by atoms with van der Waals surface area (Å²) >= 11 is 3.57. The van der Waals surface area contributed by atoms with Crippen molar-refractivity contribution < 1.29 is 0 Å². The zero-order valence-electron chi connectivity index (χ0n) is 8.49. The van der Waals surface area contributed by atoms with Crippen LogP contribution in [0.1, 0.15) is 11.3 Å². The minimum absolute atomic E-state index is 0.629. The van der Waals surface area contributed by atoms with Crippen LogP contribution in [-0.2, 0) is 0 Å². The van der Waals surface area contributed by atoms with Crippen molar-refractivity contribution in [3.8, 4) is 6.07 Å². The summed E-state index contributed by atoms with van der Waals surface area (Å²) in [5, 5.41) is 13.0. The molecule has 80 valence electrons. The molecule has 0 aliphatic carbocycles. The molecular weight excluding hydrogens is 333 g/mol. The number of halogens is 1. The lowest BCUT2D eigenvalue weighted by atomic mass is 10.2. The fraction of sp³-hybridized carbons (Fsp3) is 0.0909. The first-order valence-corrected chi connectivity index (χ1v) is 6.45. The van der Waals surface area contributed by atoms with E-state index in [4.69, 9.17) is 5.26 Å². The topological polar surface area (TPSA) is 48.7 Å². The molecule has 2 aromatic rings. The maximum Gasteiger partial charge on any atom is 0.132 e. The van der Waals surface area contributed by atoms with Crippen molar-refractivity contribution in [3.63, 3.8) is 0 Å². The molecule has 0 atom stereocenters. The van der Waals surface area contributed by atoms with Gasteiger partial charge in [-0.3, -0.25) is 0 Å². The second-order valence-corrected chi connectivity index (χ2v) is 5.24. The van der Waals surface area contributed by atoms with Gasteiger partial charge in [0.05, 0.1) is 5.69 Å². The summed E-state index contributed by atoms with van der Waals surface area (Å²) < 4.78 is 5.32. The quantitative estimate of drug-likeness (QED) is 0.848. The lowest BCUT2D eigenvalue weighted by Gasteiger charge is -2.03. The summed E-state index contributed by atoms with van der Waals surface area (Å²) in [5.41, 5.74) is 2.39.